The van der Waals surface area contributed by atoms with Crippen LogP contribution in [-0.2, 0) is 19.1 Å². The molecule has 0 aliphatic rings. The molecule has 0 unspecified atom stereocenters. The maximum atomic E-state index is 11.9. The Hall–Kier alpha value is -3.68. The van der Waals surface area contributed by atoms with Gasteiger partial charge in [0, 0.05) is 11.3 Å². The number of aryl methyl sites for hydroxylation is 1. The minimum Gasteiger partial charge on any atom is -0.482 e. The maximum Gasteiger partial charge on any atom is 0.344 e. The van der Waals surface area contributed by atoms with Gasteiger partial charge < -0.3 is 20.1 Å². The van der Waals surface area contributed by atoms with E-state index in [2.05, 4.69) is 10.6 Å². The van der Waals surface area contributed by atoms with Crippen molar-refractivity contribution in [3.8, 4) is 5.75 Å². The van der Waals surface area contributed by atoms with Crippen molar-refractivity contribution in [1.82, 2.24) is 5.32 Å². The summed E-state index contributed by atoms with van der Waals surface area (Å²) in [6.45, 7) is 2.67. The summed E-state index contributed by atoms with van der Waals surface area (Å²) in [4.78, 5) is 45.9. The van der Waals surface area contributed by atoms with Crippen LogP contribution in [-0.4, -0.2) is 43.8 Å². The Labute approximate surface area is 168 Å². The lowest BCUT2D eigenvalue weighted by Gasteiger charge is -2.11. The van der Waals surface area contributed by atoms with E-state index in [1.54, 1.807) is 18.2 Å². The average Bonchev–Trinajstić information content (AvgIpc) is 2.73. The molecule has 8 nitrogen and oxygen atoms in total. The van der Waals surface area contributed by atoms with Gasteiger partial charge in [-0.1, -0.05) is 12.1 Å². The number of carbonyl (C=O) groups excluding carboxylic acids is 4. The summed E-state index contributed by atoms with van der Waals surface area (Å²) in [6, 6.07) is 11.7. The summed E-state index contributed by atoms with van der Waals surface area (Å²) in [5, 5.41) is 5.09. The number of hydrogen-bond donors (Lipinski definition) is 2. The third-order valence-electron chi connectivity index (χ3n) is 4.06. The normalized spacial score (nSPS) is 10.0. The molecule has 2 aromatic carbocycles. The van der Waals surface area contributed by atoms with Crippen molar-refractivity contribution in [2.75, 3.05) is 25.1 Å². The van der Waals surface area contributed by atoms with Gasteiger partial charge >= 0.3 is 5.97 Å². The van der Waals surface area contributed by atoms with Gasteiger partial charge in [-0.25, -0.2) is 4.79 Å². The second-order valence-electron chi connectivity index (χ2n) is 6.21. The van der Waals surface area contributed by atoms with Gasteiger partial charge in [-0.2, -0.15) is 0 Å². The summed E-state index contributed by atoms with van der Waals surface area (Å²) in [7, 11) is 0. The molecule has 0 saturated carbocycles. The zero-order valence-corrected chi connectivity index (χ0v) is 16.2. The molecule has 0 spiro atoms. The Morgan fingerprint density at radius 3 is 2.38 bits per heavy atom. The van der Waals surface area contributed by atoms with Crippen LogP contribution < -0.4 is 15.4 Å². The maximum absolute atomic E-state index is 11.9. The monoisotopic (exact) mass is 398 g/mol. The highest BCUT2D eigenvalue weighted by atomic mass is 16.6. The van der Waals surface area contributed by atoms with Crippen LogP contribution in [0.25, 0.3) is 0 Å². The molecule has 0 aliphatic carbocycles. The molecule has 0 radical (unpaired) electrons. The molecule has 2 rings (SSSR count). The van der Waals surface area contributed by atoms with Crippen molar-refractivity contribution >= 4 is 29.8 Å². The standard InChI is InChI=1S/C21H22N2O6/c1-14-4-3-5-18(15(14)2)23-19(25)10-22-20(26)12-29-21(27)13-28-17-8-6-16(11-24)7-9-17/h3-9,11H,10,12-13H2,1-2H3,(H,22,26)(H,23,25). The topological polar surface area (TPSA) is 111 Å². The molecule has 0 atom stereocenters. The number of nitrogens with one attached hydrogen (secondary N) is 2. The number of ether oxygens (including phenoxy) is 2. The lowest BCUT2D eigenvalue weighted by Crippen LogP contribution is -2.36. The highest BCUT2D eigenvalue weighted by molar-refractivity contribution is 5.95. The SMILES string of the molecule is Cc1cccc(NC(=O)CNC(=O)COC(=O)COc2ccc(C=O)cc2)c1C. The molecule has 2 N–H and O–H groups in total. The summed E-state index contributed by atoms with van der Waals surface area (Å²) < 4.78 is 9.99. The summed E-state index contributed by atoms with van der Waals surface area (Å²) in [5.74, 6) is -1.34. The molecule has 0 heterocycles. The van der Waals surface area contributed by atoms with Crippen LogP contribution >= 0.6 is 0 Å². The number of hydrogen-bond acceptors (Lipinski definition) is 6. The highest BCUT2D eigenvalue weighted by Gasteiger charge is 2.11. The average molecular weight is 398 g/mol. The molecule has 0 bridgehead atoms. The second-order valence-corrected chi connectivity index (χ2v) is 6.21. The largest absolute Gasteiger partial charge is 0.482 e. The fourth-order valence-corrected chi connectivity index (χ4v) is 2.28. The van der Waals surface area contributed by atoms with Gasteiger partial charge in [0.2, 0.25) is 5.91 Å². The fourth-order valence-electron chi connectivity index (χ4n) is 2.28. The first kappa shape index (κ1) is 21.6. The van der Waals surface area contributed by atoms with Crippen LogP contribution in [0.5, 0.6) is 5.75 Å². The van der Waals surface area contributed by atoms with Crippen molar-refractivity contribution in [1.29, 1.82) is 0 Å². The third kappa shape index (κ3) is 7.10. The molecule has 152 valence electrons. The predicted molar refractivity (Wildman–Crippen MR) is 106 cm³/mol. The highest BCUT2D eigenvalue weighted by Crippen LogP contribution is 2.17. The van der Waals surface area contributed by atoms with Crippen LogP contribution in [0.1, 0.15) is 21.5 Å². The summed E-state index contributed by atoms with van der Waals surface area (Å²) in [6.07, 6.45) is 0.693. The molecule has 0 aromatic heterocycles. The zero-order valence-electron chi connectivity index (χ0n) is 16.2. The predicted octanol–water partition coefficient (Wildman–Crippen LogP) is 1.79. The first-order valence-corrected chi connectivity index (χ1v) is 8.85. The first-order valence-electron chi connectivity index (χ1n) is 8.85. The molecule has 2 amide bonds. The Kier molecular flexibility index (Phi) is 7.90. The molecule has 8 heteroatoms. The van der Waals surface area contributed by atoms with Crippen LogP contribution in [0.15, 0.2) is 42.5 Å². The number of anilines is 1. The Balaban J connectivity index is 1.66. The number of aldehydes is 1. The van der Waals surface area contributed by atoms with Gasteiger partial charge in [-0.3, -0.25) is 14.4 Å². The van der Waals surface area contributed by atoms with Gasteiger partial charge in [0.15, 0.2) is 13.2 Å². The van der Waals surface area contributed by atoms with E-state index < -0.39 is 18.5 Å². The minimum absolute atomic E-state index is 0.247. The van der Waals surface area contributed by atoms with Gasteiger partial charge in [-0.15, -0.1) is 0 Å². The van der Waals surface area contributed by atoms with E-state index in [9.17, 15) is 19.2 Å². The number of amides is 2. The molecule has 0 fully saturated rings. The molecule has 2 aromatic rings. The van der Waals surface area contributed by atoms with Crippen molar-refractivity contribution in [3.05, 3.63) is 59.2 Å². The van der Waals surface area contributed by atoms with E-state index in [0.717, 1.165) is 11.1 Å². The van der Waals surface area contributed by atoms with Crippen LogP contribution in [0, 0.1) is 13.8 Å². The van der Waals surface area contributed by atoms with Crippen LogP contribution in [0.3, 0.4) is 0 Å². The van der Waals surface area contributed by atoms with Gasteiger partial charge in [0.05, 0.1) is 6.54 Å². The Morgan fingerprint density at radius 2 is 1.69 bits per heavy atom. The summed E-state index contributed by atoms with van der Waals surface area (Å²) >= 11 is 0. The fraction of sp³-hybridized carbons (Fsp3) is 0.238. The molecule has 0 saturated heterocycles. The summed E-state index contributed by atoms with van der Waals surface area (Å²) in [5.41, 5.74) is 3.15. The minimum atomic E-state index is -0.737. The smallest absolute Gasteiger partial charge is 0.344 e. The Bertz CT molecular complexity index is 893. The molecular formula is C21H22N2O6. The number of benzene rings is 2. The van der Waals surface area contributed by atoms with Crippen molar-refractivity contribution in [3.63, 3.8) is 0 Å². The van der Waals surface area contributed by atoms with Crippen molar-refractivity contribution in [2.24, 2.45) is 0 Å². The van der Waals surface area contributed by atoms with E-state index >= 15 is 0 Å². The lowest BCUT2D eigenvalue weighted by atomic mass is 10.1. The van der Waals surface area contributed by atoms with E-state index in [-0.39, 0.29) is 19.1 Å². The van der Waals surface area contributed by atoms with E-state index in [0.29, 0.717) is 23.3 Å². The number of esters is 1. The molecular weight excluding hydrogens is 376 g/mol. The Morgan fingerprint density at radius 1 is 0.966 bits per heavy atom. The van der Waals surface area contributed by atoms with Gasteiger partial charge in [0.1, 0.15) is 12.0 Å². The van der Waals surface area contributed by atoms with Crippen molar-refractivity contribution < 1.29 is 28.7 Å². The third-order valence-corrected chi connectivity index (χ3v) is 4.06. The molecule has 29 heavy (non-hydrogen) atoms. The zero-order chi connectivity index (χ0) is 21.2. The van der Waals surface area contributed by atoms with E-state index in [1.807, 2.05) is 26.0 Å². The van der Waals surface area contributed by atoms with Crippen LogP contribution in [0.4, 0.5) is 5.69 Å². The van der Waals surface area contributed by atoms with E-state index in [1.165, 1.54) is 12.1 Å². The first-order chi connectivity index (χ1) is 13.9. The van der Waals surface area contributed by atoms with E-state index in [4.69, 9.17) is 9.47 Å². The quantitative estimate of drug-likeness (QED) is 0.492. The van der Waals surface area contributed by atoms with Gasteiger partial charge in [-0.05, 0) is 55.3 Å². The lowest BCUT2D eigenvalue weighted by molar-refractivity contribution is -0.150. The second kappa shape index (κ2) is 10.6. The number of carbonyl (C=O) groups is 4. The van der Waals surface area contributed by atoms with Gasteiger partial charge in [0.25, 0.3) is 5.91 Å². The number of rotatable bonds is 9. The van der Waals surface area contributed by atoms with Crippen LogP contribution in [0.2, 0.25) is 0 Å². The molecule has 0 aliphatic heterocycles. The van der Waals surface area contributed by atoms with Crippen molar-refractivity contribution in [2.45, 2.75) is 13.8 Å².